The first-order valence-electron chi connectivity index (χ1n) is 7.84. The summed E-state index contributed by atoms with van der Waals surface area (Å²) in [5.74, 6) is -2.51. The van der Waals surface area contributed by atoms with E-state index in [9.17, 15) is 19.5 Å². The van der Waals surface area contributed by atoms with Gasteiger partial charge in [0.25, 0.3) is 0 Å². The molecule has 2 aromatic carbocycles. The average Bonchev–Trinajstić information content (AvgIpc) is 2.60. The zero-order valence-corrected chi connectivity index (χ0v) is 13.5. The first-order valence-corrected chi connectivity index (χ1v) is 7.84. The Kier molecular flexibility index (Phi) is 6.28. The number of hydrogen-bond acceptors (Lipinski definition) is 3. The molecule has 25 heavy (non-hydrogen) atoms. The molecule has 0 bridgehead atoms. The minimum Gasteiger partial charge on any atom is -0.480 e. The second kappa shape index (κ2) is 8.63. The molecule has 0 aliphatic rings. The fraction of sp³-hybridized carbons (Fsp3) is 0.211. The average molecular weight is 341 g/mol. The van der Waals surface area contributed by atoms with Crippen molar-refractivity contribution in [3.05, 3.63) is 71.3 Å². The van der Waals surface area contributed by atoms with E-state index in [4.69, 9.17) is 5.11 Å². The molecule has 1 amide bonds. The summed E-state index contributed by atoms with van der Waals surface area (Å²) in [5, 5.41) is 20.7. The van der Waals surface area contributed by atoms with Gasteiger partial charge < -0.3 is 15.5 Å². The van der Waals surface area contributed by atoms with Crippen LogP contribution in [-0.2, 0) is 22.4 Å². The number of benzene rings is 2. The largest absolute Gasteiger partial charge is 0.480 e. The Labute approximate surface area is 145 Å². The molecule has 2 rings (SSSR count). The smallest absolute Gasteiger partial charge is 0.335 e. The van der Waals surface area contributed by atoms with Gasteiger partial charge in [0.05, 0.1) is 5.56 Å². The lowest BCUT2D eigenvalue weighted by Gasteiger charge is -2.15. The molecule has 1 atom stereocenters. The SMILES string of the molecule is O=C(CCc1ccccc1)N[C@H](Cc1ccc(C(=O)O)cc1)C(=O)O. The van der Waals surface area contributed by atoms with Crippen molar-refractivity contribution in [1.29, 1.82) is 0 Å². The third-order valence-electron chi connectivity index (χ3n) is 3.76. The number of aryl methyl sites for hydroxylation is 1. The van der Waals surface area contributed by atoms with E-state index in [1.165, 1.54) is 12.1 Å². The van der Waals surface area contributed by atoms with Crippen LogP contribution < -0.4 is 5.32 Å². The predicted molar refractivity (Wildman–Crippen MR) is 91.4 cm³/mol. The van der Waals surface area contributed by atoms with Crippen LogP contribution in [0.3, 0.4) is 0 Å². The highest BCUT2D eigenvalue weighted by atomic mass is 16.4. The van der Waals surface area contributed by atoms with Gasteiger partial charge in [-0.1, -0.05) is 42.5 Å². The zero-order chi connectivity index (χ0) is 18.2. The van der Waals surface area contributed by atoms with E-state index >= 15 is 0 Å². The molecule has 0 saturated heterocycles. The molecule has 0 spiro atoms. The predicted octanol–water partition coefficient (Wildman–Crippen LogP) is 2.13. The van der Waals surface area contributed by atoms with E-state index in [1.807, 2.05) is 30.3 Å². The summed E-state index contributed by atoms with van der Waals surface area (Å²) in [6.07, 6.45) is 0.824. The van der Waals surface area contributed by atoms with Crippen molar-refractivity contribution in [1.82, 2.24) is 5.32 Å². The van der Waals surface area contributed by atoms with Gasteiger partial charge in [0.15, 0.2) is 0 Å². The fourth-order valence-corrected chi connectivity index (χ4v) is 2.39. The van der Waals surface area contributed by atoms with Crippen molar-refractivity contribution in [2.45, 2.75) is 25.3 Å². The first kappa shape index (κ1) is 18.2. The number of carbonyl (C=O) groups is 3. The van der Waals surface area contributed by atoms with Gasteiger partial charge >= 0.3 is 11.9 Å². The van der Waals surface area contributed by atoms with Crippen LogP contribution in [0.15, 0.2) is 54.6 Å². The summed E-state index contributed by atoms with van der Waals surface area (Å²) < 4.78 is 0. The van der Waals surface area contributed by atoms with Gasteiger partial charge in [-0.05, 0) is 29.7 Å². The van der Waals surface area contributed by atoms with E-state index in [0.717, 1.165) is 5.56 Å². The fourth-order valence-electron chi connectivity index (χ4n) is 2.39. The van der Waals surface area contributed by atoms with E-state index in [2.05, 4.69) is 5.32 Å². The summed E-state index contributed by atoms with van der Waals surface area (Å²) in [7, 11) is 0. The summed E-state index contributed by atoms with van der Waals surface area (Å²) in [5.41, 5.74) is 1.78. The maximum Gasteiger partial charge on any atom is 0.335 e. The van der Waals surface area contributed by atoms with Crippen LogP contribution in [0.25, 0.3) is 0 Å². The molecule has 6 heteroatoms. The number of aliphatic carboxylic acids is 1. The molecule has 6 nitrogen and oxygen atoms in total. The lowest BCUT2D eigenvalue weighted by atomic mass is 10.0. The number of carbonyl (C=O) groups excluding carboxylic acids is 1. The molecule has 0 unspecified atom stereocenters. The van der Waals surface area contributed by atoms with Crippen LogP contribution >= 0.6 is 0 Å². The Bertz CT molecular complexity index is 740. The van der Waals surface area contributed by atoms with Crippen molar-refractivity contribution in [2.24, 2.45) is 0 Å². The Balaban J connectivity index is 1.92. The third-order valence-corrected chi connectivity index (χ3v) is 3.76. The van der Waals surface area contributed by atoms with E-state index < -0.39 is 18.0 Å². The highest BCUT2D eigenvalue weighted by Gasteiger charge is 2.20. The Morgan fingerprint density at radius 2 is 1.52 bits per heavy atom. The number of carboxylic acids is 2. The maximum atomic E-state index is 12.0. The van der Waals surface area contributed by atoms with Crippen molar-refractivity contribution in [3.63, 3.8) is 0 Å². The maximum absolute atomic E-state index is 12.0. The van der Waals surface area contributed by atoms with Crippen LogP contribution in [0.5, 0.6) is 0 Å². The molecule has 0 aromatic heterocycles. The number of hydrogen-bond donors (Lipinski definition) is 3. The second-order valence-electron chi connectivity index (χ2n) is 5.65. The topological polar surface area (TPSA) is 104 Å². The third kappa shape index (κ3) is 5.76. The highest BCUT2D eigenvalue weighted by Crippen LogP contribution is 2.08. The summed E-state index contributed by atoms with van der Waals surface area (Å²) in [6.45, 7) is 0. The standard InChI is InChI=1S/C19H19NO5/c21-17(11-8-13-4-2-1-3-5-13)20-16(19(24)25)12-14-6-9-15(10-7-14)18(22)23/h1-7,9-10,16H,8,11-12H2,(H,20,21)(H,22,23)(H,24,25)/t16-/m1/s1. The summed E-state index contributed by atoms with van der Waals surface area (Å²) in [4.78, 5) is 34.2. The van der Waals surface area contributed by atoms with Gasteiger partial charge in [-0.3, -0.25) is 4.79 Å². The molecular formula is C19H19NO5. The first-order chi connectivity index (χ1) is 12.0. The number of nitrogens with one attached hydrogen (secondary N) is 1. The normalized spacial score (nSPS) is 11.5. The molecule has 130 valence electrons. The molecule has 0 heterocycles. The van der Waals surface area contributed by atoms with Crippen LogP contribution in [0.1, 0.15) is 27.9 Å². The van der Waals surface area contributed by atoms with Crippen LogP contribution in [0.4, 0.5) is 0 Å². The molecule has 0 fully saturated rings. The Hall–Kier alpha value is -3.15. The molecule has 3 N–H and O–H groups in total. The minimum atomic E-state index is -1.13. The van der Waals surface area contributed by atoms with Gasteiger partial charge in [-0.15, -0.1) is 0 Å². The molecule has 0 radical (unpaired) electrons. The number of rotatable bonds is 8. The number of aromatic carboxylic acids is 1. The molecule has 0 aliphatic carbocycles. The molecule has 2 aromatic rings. The van der Waals surface area contributed by atoms with Gasteiger partial charge in [0.2, 0.25) is 5.91 Å². The molecule has 0 aliphatic heterocycles. The minimum absolute atomic E-state index is 0.0896. The summed E-state index contributed by atoms with van der Waals surface area (Å²) in [6, 6.07) is 14.3. The van der Waals surface area contributed by atoms with Gasteiger partial charge in [0.1, 0.15) is 6.04 Å². The quantitative estimate of drug-likeness (QED) is 0.682. The van der Waals surface area contributed by atoms with Crippen LogP contribution in [-0.4, -0.2) is 34.1 Å². The van der Waals surface area contributed by atoms with E-state index in [1.54, 1.807) is 12.1 Å². The summed E-state index contributed by atoms with van der Waals surface area (Å²) >= 11 is 0. The molecular weight excluding hydrogens is 322 g/mol. The number of amides is 1. The van der Waals surface area contributed by atoms with E-state index in [-0.39, 0.29) is 24.3 Å². The van der Waals surface area contributed by atoms with Gasteiger partial charge in [-0.25, -0.2) is 9.59 Å². The Morgan fingerprint density at radius 1 is 0.880 bits per heavy atom. The van der Waals surface area contributed by atoms with Crippen LogP contribution in [0.2, 0.25) is 0 Å². The van der Waals surface area contributed by atoms with Gasteiger partial charge in [0, 0.05) is 12.8 Å². The van der Waals surface area contributed by atoms with Crippen molar-refractivity contribution in [3.8, 4) is 0 Å². The van der Waals surface area contributed by atoms with Crippen molar-refractivity contribution >= 4 is 17.8 Å². The second-order valence-corrected chi connectivity index (χ2v) is 5.65. The molecule has 0 saturated carbocycles. The van der Waals surface area contributed by atoms with Gasteiger partial charge in [-0.2, -0.15) is 0 Å². The Morgan fingerprint density at radius 3 is 2.08 bits per heavy atom. The lowest BCUT2D eigenvalue weighted by Crippen LogP contribution is -2.42. The van der Waals surface area contributed by atoms with Crippen molar-refractivity contribution in [2.75, 3.05) is 0 Å². The zero-order valence-electron chi connectivity index (χ0n) is 13.5. The van der Waals surface area contributed by atoms with Crippen LogP contribution in [0, 0.1) is 0 Å². The lowest BCUT2D eigenvalue weighted by molar-refractivity contribution is -0.141. The van der Waals surface area contributed by atoms with Crippen molar-refractivity contribution < 1.29 is 24.6 Å². The van der Waals surface area contributed by atoms with E-state index in [0.29, 0.717) is 12.0 Å². The highest BCUT2D eigenvalue weighted by molar-refractivity contribution is 5.87. The monoisotopic (exact) mass is 341 g/mol. The number of carboxylic acid groups (broad SMARTS) is 2.